The molecule has 1 saturated carbocycles. The van der Waals surface area contributed by atoms with Crippen molar-refractivity contribution in [2.45, 2.75) is 32.2 Å². The molecule has 6 heteroatoms. The second-order valence-electron chi connectivity index (χ2n) is 4.98. The molecule has 0 saturated heterocycles. The van der Waals surface area contributed by atoms with Crippen LogP contribution >= 0.6 is 0 Å². The molecule has 1 aromatic rings. The van der Waals surface area contributed by atoms with Crippen molar-refractivity contribution >= 4 is 17.6 Å². The summed E-state index contributed by atoms with van der Waals surface area (Å²) in [4.78, 5) is 34.9. The topological polar surface area (TPSA) is 77.4 Å². The first-order valence-electron chi connectivity index (χ1n) is 6.00. The summed E-state index contributed by atoms with van der Waals surface area (Å²) in [5.41, 5.74) is -0.0964. The maximum atomic E-state index is 12.0. The number of carbonyl (C=O) groups excluding carboxylic acids is 2. The molecule has 102 valence electrons. The van der Waals surface area contributed by atoms with Crippen LogP contribution < -0.4 is 10.9 Å². The maximum absolute atomic E-state index is 12.0. The highest BCUT2D eigenvalue weighted by Crippen LogP contribution is 2.42. The van der Waals surface area contributed by atoms with E-state index in [9.17, 15) is 14.4 Å². The molecule has 1 amide bonds. The molecule has 1 aliphatic carbocycles. The minimum Gasteiger partial charge on any atom is -0.465 e. The molecule has 6 nitrogen and oxygen atoms in total. The number of esters is 1. The van der Waals surface area contributed by atoms with Gasteiger partial charge in [0.2, 0.25) is 5.91 Å². The zero-order valence-corrected chi connectivity index (χ0v) is 11.1. The number of carbonyl (C=O) groups is 2. The third kappa shape index (κ3) is 2.52. The number of amides is 1. The van der Waals surface area contributed by atoms with Crippen LogP contribution in [0.1, 0.15) is 37.0 Å². The highest BCUT2D eigenvalue weighted by atomic mass is 16.5. The van der Waals surface area contributed by atoms with Crippen LogP contribution in [0, 0.1) is 0 Å². The van der Waals surface area contributed by atoms with E-state index in [2.05, 4.69) is 10.1 Å². The number of pyridine rings is 1. The zero-order chi connectivity index (χ0) is 14.2. The van der Waals surface area contributed by atoms with Crippen LogP contribution in [0.5, 0.6) is 0 Å². The third-order valence-corrected chi connectivity index (χ3v) is 3.32. The summed E-state index contributed by atoms with van der Waals surface area (Å²) in [5.74, 6) is -0.929. The van der Waals surface area contributed by atoms with E-state index in [0.717, 1.165) is 12.8 Å². The Kier molecular flexibility index (Phi) is 3.18. The Morgan fingerprint density at radius 1 is 1.42 bits per heavy atom. The van der Waals surface area contributed by atoms with Crippen molar-refractivity contribution in [1.82, 2.24) is 4.57 Å². The van der Waals surface area contributed by atoms with Crippen molar-refractivity contribution in [2.75, 3.05) is 12.4 Å². The number of hydrogen-bond donors (Lipinski definition) is 1. The summed E-state index contributed by atoms with van der Waals surface area (Å²) in [6.45, 7) is 3.27. The lowest BCUT2D eigenvalue weighted by molar-refractivity contribution is -0.114. The Morgan fingerprint density at radius 2 is 2.05 bits per heavy atom. The maximum Gasteiger partial charge on any atom is 0.341 e. The fourth-order valence-electron chi connectivity index (χ4n) is 1.94. The van der Waals surface area contributed by atoms with Gasteiger partial charge in [-0.2, -0.15) is 0 Å². The van der Waals surface area contributed by atoms with E-state index in [1.54, 1.807) is 0 Å². The van der Waals surface area contributed by atoms with Crippen LogP contribution in [0.15, 0.2) is 17.1 Å². The lowest BCUT2D eigenvalue weighted by Crippen LogP contribution is -2.29. The molecule has 0 aromatic carbocycles. The largest absolute Gasteiger partial charge is 0.465 e. The van der Waals surface area contributed by atoms with E-state index in [4.69, 9.17) is 0 Å². The predicted molar refractivity (Wildman–Crippen MR) is 69.2 cm³/mol. The zero-order valence-electron chi connectivity index (χ0n) is 11.1. The Balaban J connectivity index is 2.55. The van der Waals surface area contributed by atoms with Gasteiger partial charge in [0, 0.05) is 24.7 Å². The van der Waals surface area contributed by atoms with E-state index in [1.807, 2.05) is 6.92 Å². The molecule has 1 heterocycles. The number of nitrogens with zero attached hydrogens (tertiary/aromatic N) is 1. The summed E-state index contributed by atoms with van der Waals surface area (Å²) < 4.78 is 6.21. The van der Waals surface area contributed by atoms with E-state index < -0.39 is 5.97 Å². The van der Waals surface area contributed by atoms with Crippen molar-refractivity contribution in [3.05, 3.63) is 28.2 Å². The smallest absolute Gasteiger partial charge is 0.341 e. The first-order valence-corrected chi connectivity index (χ1v) is 6.00. The molecule has 0 spiro atoms. The van der Waals surface area contributed by atoms with E-state index >= 15 is 0 Å². The van der Waals surface area contributed by atoms with Gasteiger partial charge in [0.1, 0.15) is 0 Å². The highest BCUT2D eigenvalue weighted by molar-refractivity contribution is 6.00. The van der Waals surface area contributed by atoms with Crippen LogP contribution in [0.25, 0.3) is 0 Å². The van der Waals surface area contributed by atoms with E-state index in [-0.39, 0.29) is 28.3 Å². The minimum absolute atomic E-state index is 0.185. The molecule has 1 fully saturated rings. The molecule has 0 aliphatic heterocycles. The van der Waals surface area contributed by atoms with Gasteiger partial charge in [-0.25, -0.2) is 4.79 Å². The van der Waals surface area contributed by atoms with Gasteiger partial charge < -0.3 is 14.6 Å². The first kappa shape index (κ1) is 13.3. The lowest BCUT2D eigenvalue weighted by Gasteiger charge is -2.16. The highest BCUT2D eigenvalue weighted by Gasteiger charge is 2.40. The molecule has 0 radical (unpaired) electrons. The van der Waals surface area contributed by atoms with Gasteiger partial charge in [0.05, 0.1) is 18.4 Å². The molecular formula is C13H16N2O4. The minimum atomic E-state index is -0.582. The number of hydrogen-bond acceptors (Lipinski definition) is 4. The Morgan fingerprint density at radius 3 is 2.53 bits per heavy atom. The van der Waals surface area contributed by atoms with Gasteiger partial charge in [-0.05, 0) is 19.8 Å². The Labute approximate surface area is 110 Å². The van der Waals surface area contributed by atoms with Crippen molar-refractivity contribution in [1.29, 1.82) is 0 Å². The molecule has 0 bridgehead atoms. The van der Waals surface area contributed by atoms with Crippen LogP contribution in [-0.4, -0.2) is 23.6 Å². The summed E-state index contributed by atoms with van der Waals surface area (Å²) in [6, 6.07) is 1.26. The van der Waals surface area contributed by atoms with Gasteiger partial charge >= 0.3 is 5.97 Å². The number of aromatic nitrogens is 1. The number of methoxy groups -OCH3 is 1. The monoisotopic (exact) mass is 264 g/mol. The molecular weight excluding hydrogens is 248 g/mol. The SMILES string of the molecule is COC(=O)c1cn(C2(C)CC2)c(=O)cc1NC(C)=O. The summed E-state index contributed by atoms with van der Waals surface area (Å²) >= 11 is 0. The fourth-order valence-corrected chi connectivity index (χ4v) is 1.94. The quantitative estimate of drug-likeness (QED) is 0.829. The van der Waals surface area contributed by atoms with Crippen molar-refractivity contribution in [2.24, 2.45) is 0 Å². The summed E-state index contributed by atoms with van der Waals surface area (Å²) in [7, 11) is 1.26. The number of rotatable bonds is 3. The Hall–Kier alpha value is -2.11. The van der Waals surface area contributed by atoms with Crippen molar-refractivity contribution in [3.8, 4) is 0 Å². The van der Waals surface area contributed by atoms with Crippen molar-refractivity contribution in [3.63, 3.8) is 0 Å². The summed E-state index contributed by atoms with van der Waals surface area (Å²) in [5, 5.41) is 2.48. The fraction of sp³-hybridized carbons (Fsp3) is 0.462. The third-order valence-electron chi connectivity index (χ3n) is 3.32. The molecule has 19 heavy (non-hydrogen) atoms. The standard InChI is InChI=1S/C13H16N2O4/c1-8(16)14-10-6-11(17)15(13(2)4-5-13)7-9(10)12(18)19-3/h6-7H,4-5H2,1-3H3,(H,14,16). The second-order valence-corrected chi connectivity index (χ2v) is 4.98. The predicted octanol–water partition coefficient (Wildman–Crippen LogP) is 1.10. The number of nitrogens with one attached hydrogen (secondary N) is 1. The molecule has 1 aliphatic rings. The average Bonchev–Trinajstić information content (AvgIpc) is 3.06. The van der Waals surface area contributed by atoms with Crippen LogP contribution in [-0.2, 0) is 15.1 Å². The van der Waals surface area contributed by atoms with Crippen LogP contribution in [0.2, 0.25) is 0 Å². The van der Waals surface area contributed by atoms with Gasteiger partial charge in [-0.1, -0.05) is 0 Å². The molecule has 0 atom stereocenters. The average molecular weight is 264 g/mol. The molecule has 2 rings (SSSR count). The first-order chi connectivity index (χ1) is 8.87. The lowest BCUT2D eigenvalue weighted by atomic mass is 10.2. The van der Waals surface area contributed by atoms with Gasteiger partial charge in [-0.15, -0.1) is 0 Å². The number of anilines is 1. The van der Waals surface area contributed by atoms with Gasteiger partial charge in [0.15, 0.2) is 0 Å². The molecule has 1 N–H and O–H groups in total. The summed E-state index contributed by atoms with van der Waals surface area (Å²) in [6.07, 6.45) is 3.26. The van der Waals surface area contributed by atoms with E-state index in [0.29, 0.717) is 0 Å². The van der Waals surface area contributed by atoms with Crippen LogP contribution in [0.4, 0.5) is 5.69 Å². The van der Waals surface area contributed by atoms with Gasteiger partial charge in [-0.3, -0.25) is 9.59 Å². The van der Waals surface area contributed by atoms with Crippen molar-refractivity contribution < 1.29 is 14.3 Å². The normalized spacial score (nSPS) is 15.7. The number of ether oxygens (including phenoxy) is 1. The Bertz CT molecular complexity index is 599. The molecule has 1 aromatic heterocycles. The van der Waals surface area contributed by atoms with E-state index in [1.165, 1.54) is 30.9 Å². The van der Waals surface area contributed by atoms with Gasteiger partial charge in [0.25, 0.3) is 5.56 Å². The second kappa shape index (κ2) is 4.53. The van der Waals surface area contributed by atoms with Crippen LogP contribution in [0.3, 0.4) is 0 Å². The molecule has 0 unspecified atom stereocenters.